The topological polar surface area (TPSA) is 253 Å². The zero-order chi connectivity index (χ0) is 49.5. The maximum atomic E-state index is 12.5. The molecule has 1 spiro atoms. The normalized spacial score (nSPS) is 15.2. The van der Waals surface area contributed by atoms with E-state index in [0.29, 0.717) is 45.3 Å². The van der Waals surface area contributed by atoms with Gasteiger partial charge in [0.15, 0.2) is 8.53 Å². The van der Waals surface area contributed by atoms with Crippen LogP contribution in [-0.4, -0.2) is 136 Å². The lowest BCUT2D eigenvalue weighted by molar-refractivity contribution is -0.144. The van der Waals surface area contributed by atoms with E-state index in [1.54, 1.807) is 43.2 Å². The second-order valence-corrected chi connectivity index (χ2v) is 26.2. The highest BCUT2D eigenvalue weighted by Gasteiger charge is 2.52. The Hall–Kier alpha value is -1.41. The summed E-state index contributed by atoms with van der Waals surface area (Å²) in [6.07, 6.45) is 18.5. The summed E-state index contributed by atoms with van der Waals surface area (Å²) in [6.45, 7) is 2.05. The molecular weight excluding hydrogens is 999 g/mol. The van der Waals surface area contributed by atoms with Crippen LogP contribution >= 0.6 is 64.8 Å². The molecule has 0 aromatic carbocycles. The number of aliphatic carboxylic acids is 3. The molecule has 0 aliphatic carbocycles. The highest BCUT2D eigenvalue weighted by molar-refractivity contribution is 9.14. The highest BCUT2D eigenvalue weighted by atomic mass is 33.2. The van der Waals surface area contributed by atoms with Gasteiger partial charge in [-0.05, 0) is 88.1 Å². The minimum atomic E-state index is -1.07. The number of unbranched alkanes of at least 4 members (excludes halogenated alkanes) is 14. The van der Waals surface area contributed by atoms with Crippen molar-refractivity contribution in [3.63, 3.8) is 0 Å². The largest absolute Gasteiger partial charge is 0.481 e. The Kier molecular flexibility index (Phi) is 37.9. The van der Waals surface area contributed by atoms with Gasteiger partial charge >= 0.3 is 17.9 Å². The molecule has 2 rings (SSSR count). The first-order valence-corrected chi connectivity index (χ1v) is 30.8. The predicted octanol–water partition coefficient (Wildman–Crippen LogP) is 8.68. The fourth-order valence-electron chi connectivity index (χ4n) is 6.88. The lowest BCUT2D eigenvalue weighted by atomic mass is 9.94. The Morgan fingerprint density at radius 1 is 0.471 bits per heavy atom. The van der Waals surface area contributed by atoms with Crippen molar-refractivity contribution in [2.75, 3.05) is 65.9 Å². The minimum Gasteiger partial charge on any atom is -0.481 e. The summed E-state index contributed by atoms with van der Waals surface area (Å²) < 4.78 is 21.8. The van der Waals surface area contributed by atoms with Gasteiger partial charge in [-0.1, -0.05) is 98.6 Å². The van der Waals surface area contributed by atoms with Crippen LogP contribution in [0.15, 0.2) is 0 Å². The molecule has 2 fully saturated rings. The molecule has 2 saturated heterocycles. The number of nitrogens with one attached hydrogen (secondary N) is 3. The molecule has 2 amide bonds. The second-order valence-electron chi connectivity index (χ2n) is 16.7. The molecular formula is C45H77N3O14S6. The molecule has 2 aliphatic rings. The van der Waals surface area contributed by atoms with Crippen molar-refractivity contribution in [2.45, 2.75) is 168 Å². The molecule has 2 atom stereocenters. The van der Waals surface area contributed by atoms with E-state index in [1.165, 1.54) is 44.9 Å². The third-order valence-electron chi connectivity index (χ3n) is 10.8. The van der Waals surface area contributed by atoms with Gasteiger partial charge in [0.25, 0.3) is 0 Å². The van der Waals surface area contributed by atoms with Gasteiger partial charge in [-0.3, -0.25) is 38.9 Å². The fraction of sp³-hybridized carbons (Fsp3) is 0.844. The van der Waals surface area contributed by atoms with Crippen molar-refractivity contribution in [3.05, 3.63) is 0 Å². The van der Waals surface area contributed by atoms with E-state index in [-0.39, 0.29) is 116 Å². The van der Waals surface area contributed by atoms with Gasteiger partial charge in [0.05, 0.1) is 39.0 Å². The first kappa shape index (κ1) is 62.7. The SMILES string of the molecule is O=C(O)CCCCCCCCCCCCCCCCC(=O)C[C@@H](CCC(=O)NCCOCCOCC(=O)CCCOCCOCC(=O)NCCCC[C@H](NC1SSC2(SS1)SS2)C(=O)O)C(=O)O. The van der Waals surface area contributed by atoms with Gasteiger partial charge in [-0.15, -0.1) is 0 Å². The summed E-state index contributed by atoms with van der Waals surface area (Å²) >= 11 is 0. The van der Waals surface area contributed by atoms with Crippen molar-refractivity contribution in [1.29, 1.82) is 0 Å². The van der Waals surface area contributed by atoms with Gasteiger partial charge in [-0.25, -0.2) is 0 Å². The Balaban J connectivity index is 1.31. The van der Waals surface area contributed by atoms with Gasteiger partial charge in [0.2, 0.25) is 11.8 Å². The average Bonchev–Trinajstić information content (AvgIpc) is 4.07. The van der Waals surface area contributed by atoms with Crippen LogP contribution in [0.2, 0.25) is 0 Å². The number of hydrogen-bond donors (Lipinski definition) is 6. The lowest BCUT2D eigenvalue weighted by Crippen LogP contribution is -2.41. The molecule has 6 N–H and O–H groups in total. The third-order valence-corrected chi connectivity index (χ3v) is 24.1. The number of amides is 2. The molecule has 0 radical (unpaired) electrons. The van der Waals surface area contributed by atoms with Gasteiger partial charge in [0, 0.05) is 51.8 Å². The number of carboxylic acids is 3. The van der Waals surface area contributed by atoms with E-state index < -0.39 is 29.9 Å². The van der Waals surface area contributed by atoms with Crippen molar-refractivity contribution >= 4 is 106 Å². The molecule has 17 nitrogen and oxygen atoms in total. The maximum Gasteiger partial charge on any atom is 0.320 e. The molecule has 2 aliphatic heterocycles. The summed E-state index contributed by atoms with van der Waals surface area (Å²) in [5, 5.41) is 36.5. The Labute approximate surface area is 426 Å². The molecule has 2 heterocycles. The minimum absolute atomic E-state index is 0.000336. The Bertz CT molecular complexity index is 1440. The van der Waals surface area contributed by atoms with Gasteiger partial charge in [-0.2, -0.15) is 0 Å². The molecule has 0 bridgehead atoms. The summed E-state index contributed by atoms with van der Waals surface area (Å²) in [4.78, 5) is 82.8. The molecule has 68 heavy (non-hydrogen) atoms. The van der Waals surface area contributed by atoms with Crippen molar-refractivity contribution in [1.82, 2.24) is 16.0 Å². The number of carboxylic acid groups (broad SMARTS) is 3. The molecule has 0 unspecified atom stereocenters. The van der Waals surface area contributed by atoms with Crippen LogP contribution in [0.25, 0.3) is 0 Å². The van der Waals surface area contributed by atoms with Crippen LogP contribution in [0.5, 0.6) is 0 Å². The second kappa shape index (κ2) is 41.1. The number of carbonyl (C=O) groups is 7. The quantitative estimate of drug-likeness (QED) is 0.0189. The number of carbonyl (C=O) groups excluding carboxylic acids is 4. The maximum absolute atomic E-state index is 12.5. The lowest BCUT2D eigenvalue weighted by Gasteiger charge is -2.27. The van der Waals surface area contributed by atoms with E-state index in [9.17, 15) is 43.8 Å². The van der Waals surface area contributed by atoms with Crippen molar-refractivity contribution < 1.29 is 67.8 Å². The Morgan fingerprint density at radius 2 is 1.00 bits per heavy atom. The van der Waals surface area contributed by atoms with E-state index in [4.69, 9.17) is 24.1 Å². The number of ketones is 2. The fourth-order valence-corrected chi connectivity index (χ4v) is 19.8. The third kappa shape index (κ3) is 35.7. The molecule has 0 saturated carbocycles. The number of rotatable bonds is 48. The summed E-state index contributed by atoms with van der Waals surface area (Å²) in [7, 11) is 10.5. The number of hydrogen-bond acceptors (Lipinski definition) is 18. The van der Waals surface area contributed by atoms with E-state index in [0.717, 1.165) is 44.9 Å². The average molecular weight is 1080 g/mol. The van der Waals surface area contributed by atoms with Crippen LogP contribution in [0, 0.1) is 5.92 Å². The molecule has 0 aromatic heterocycles. The number of Topliss-reactive ketones (excluding diaryl/α,β-unsaturated/α-hetero) is 2. The summed E-state index contributed by atoms with van der Waals surface area (Å²) in [6, 6.07) is -0.636. The number of ether oxygens (including phenoxy) is 4. The van der Waals surface area contributed by atoms with Crippen LogP contribution in [-0.2, 0) is 52.5 Å². The molecule has 0 aromatic rings. The van der Waals surface area contributed by atoms with Crippen LogP contribution in [0.3, 0.4) is 0 Å². The Morgan fingerprint density at radius 3 is 1.57 bits per heavy atom. The summed E-state index contributed by atoms with van der Waals surface area (Å²) in [5.41, 5.74) is 0. The van der Waals surface area contributed by atoms with Crippen LogP contribution < -0.4 is 16.0 Å². The predicted molar refractivity (Wildman–Crippen MR) is 276 cm³/mol. The smallest absolute Gasteiger partial charge is 0.320 e. The van der Waals surface area contributed by atoms with Crippen LogP contribution in [0.1, 0.15) is 154 Å². The van der Waals surface area contributed by atoms with E-state index in [1.807, 2.05) is 21.6 Å². The zero-order valence-electron chi connectivity index (χ0n) is 39.6. The molecule has 23 heteroatoms. The van der Waals surface area contributed by atoms with Crippen molar-refractivity contribution in [2.24, 2.45) is 5.92 Å². The first-order chi connectivity index (χ1) is 32.9. The summed E-state index contributed by atoms with van der Waals surface area (Å²) in [5.74, 6) is -4.26. The van der Waals surface area contributed by atoms with Gasteiger partial charge < -0.3 is 44.9 Å². The van der Waals surface area contributed by atoms with Crippen LogP contribution in [0.4, 0.5) is 0 Å². The van der Waals surface area contributed by atoms with Gasteiger partial charge in [0.1, 0.15) is 29.7 Å². The first-order valence-electron chi connectivity index (χ1n) is 24.3. The zero-order valence-corrected chi connectivity index (χ0v) is 44.5. The van der Waals surface area contributed by atoms with E-state index >= 15 is 0 Å². The van der Waals surface area contributed by atoms with E-state index in [2.05, 4.69) is 16.0 Å². The monoisotopic (exact) mass is 1080 g/mol. The van der Waals surface area contributed by atoms with Crippen molar-refractivity contribution in [3.8, 4) is 0 Å². The standard InChI is InChI=1S/C45H77N3O14S6/c49-36(18-13-11-9-7-5-3-1-2-4-6-8-10-12-14-21-41(53)54)32-35(42(55)56)22-23-39(51)47-25-27-60-29-30-61-33-37(50)19-17-26-59-28-31-62-34-40(52)46-24-16-15-20-38(43(57)58)48-44-63-65-45(66-64-44)67-68-45/h35,38,44,48H,1-34H2,(H,46,52)(H,47,51)(H,53,54)(H,55,56)(H,57,58)/t35-,38+/m1/s1. The molecule has 392 valence electrons. The highest BCUT2D eigenvalue weighted by Crippen LogP contribution is 2.84.